The third-order valence-corrected chi connectivity index (χ3v) is 4.24. The number of carbonyl (C=O) groups excluding carboxylic acids is 2. The summed E-state index contributed by atoms with van der Waals surface area (Å²) in [7, 11) is 0. The molecule has 158 valence electrons. The molecule has 4 nitrogen and oxygen atoms in total. The molecule has 0 radical (unpaired) electrons. The van der Waals surface area contributed by atoms with E-state index in [1.807, 2.05) is 0 Å². The molecule has 0 saturated heterocycles. The Labute approximate surface area is 171 Å². The molecular formula is C24H38O4. The summed E-state index contributed by atoms with van der Waals surface area (Å²) in [6, 6.07) is 6.64. The first kappa shape index (κ1) is 24.2. The lowest BCUT2D eigenvalue weighted by atomic mass is 9.84. The molecule has 0 amide bonds. The van der Waals surface area contributed by atoms with Gasteiger partial charge in [-0.3, -0.25) is 9.59 Å². The van der Waals surface area contributed by atoms with E-state index in [1.54, 1.807) is 24.3 Å². The molecule has 0 aromatic heterocycles. The van der Waals surface area contributed by atoms with Crippen LogP contribution >= 0.6 is 0 Å². The molecule has 0 spiro atoms. The second kappa shape index (κ2) is 10.1. The van der Waals surface area contributed by atoms with Gasteiger partial charge in [-0.2, -0.15) is 0 Å². The number of carbonyl (C=O) groups is 2. The van der Waals surface area contributed by atoms with Gasteiger partial charge in [0, 0.05) is 12.8 Å². The van der Waals surface area contributed by atoms with Crippen molar-refractivity contribution in [1.82, 2.24) is 0 Å². The van der Waals surface area contributed by atoms with Crippen molar-refractivity contribution < 1.29 is 19.1 Å². The predicted molar refractivity (Wildman–Crippen MR) is 113 cm³/mol. The van der Waals surface area contributed by atoms with Gasteiger partial charge in [0.1, 0.15) is 11.5 Å². The van der Waals surface area contributed by atoms with E-state index in [0.29, 0.717) is 24.3 Å². The summed E-state index contributed by atoms with van der Waals surface area (Å²) in [6.45, 7) is 17.1. The zero-order valence-corrected chi connectivity index (χ0v) is 18.9. The summed E-state index contributed by atoms with van der Waals surface area (Å²) in [5, 5.41) is 0. The SMILES string of the molecule is CC(CC(=O)Oc1ccc(OC(=O)CC(C)CC(C)(C)C)cc1)CC(C)(C)C. The fourth-order valence-corrected chi connectivity index (χ4v) is 3.73. The number of hydrogen-bond acceptors (Lipinski definition) is 4. The van der Waals surface area contributed by atoms with Gasteiger partial charge in [0.05, 0.1) is 0 Å². The summed E-state index contributed by atoms with van der Waals surface area (Å²) in [6.07, 6.45) is 2.70. The van der Waals surface area contributed by atoms with E-state index in [4.69, 9.17) is 9.47 Å². The van der Waals surface area contributed by atoms with Gasteiger partial charge in [-0.05, 0) is 59.8 Å². The number of esters is 2. The molecule has 2 atom stereocenters. The Hall–Kier alpha value is -1.84. The maximum atomic E-state index is 12.1. The molecule has 0 N–H and O–H groups in total. The van der Waals surface area contributed by atoms with Crippen LogP contribution in [0.1, 0.15) is 81.1 Å². The smallest absolute Gasteiger partial charge is 0.311 e. The highest BCUT2D eigenvalue weighted by Gasteiger charge is 2.20. The maximum absolute atomic E-state index is 12.1. The molecule has 0 fully saturated rings. The summed E-state index contributed by atoms with van der Waals surface area (Å²) in [5.41, 5.74) is 0.380. The van der Waals surface area contributed by atoms with E-state index in [1.165, 1.54) is 0 Å². The van der Waals surface area contributed by atoms with Gasteiger partial charge in [0.25, 0.3) is 0 Å². The second-order valence-electron chi connectivity index (χ2n) is 10.6. The third kappa shape index (κ3) is 11.1. The zero-order chi connectivity index (χ0) is 21.5. The van der Waals surface area contributed by atoms with E-state index in [2.05, 4.69) is 55.4 Å². The number of benzene rings is 1. The Bertz CT molecular complexity index is 575. The second-order valence-corrected chi connectivity index (χ2v) is 10.6. The van der Waals surface area contributed by atoms with Crippen molar-refractivity contribution in [3.8, 4) is 11.5 Å². The fourth-order valence-electron chi connectivity index (χ4n) is 3.73. The summed E-state index contributed by atoms with van der Waals surface area (Å²) >= 11 is 0. The Morgan fingerprint density at radius 2 is 1.00 bits per heavy atom. The Morgan fingerprint density at radius 3 is 1.25 bits per heavy atom. The number of rotatable bonds is 8. The van der Waals surface area contributed by atoms with Crippen molar-refractivity contribution in [3.63, 3.8) is 0 Å². The molecule has 0 heterocycles. The molecule has 4 heteroatoms. The molecule has 1 rings (SSSR count). The highest BCUT2D eigenvalue weighted by atomic mass is 16.5. The first-order valence-corrected chi connectivity index (χ1v) is 10.2. The van der Waals surface area contributed by atoms with Gasteiger partial charge in [-0.1, -0.05) is 55.4 Å². The minimum absolute atomic E-state index is 0.190. The van der Waals surface area contributed by atoms with Gasteiger partial charge >= 0.3 is 11.9 Å². The van der Waals surface area contributed by atoms with Crippen molar-refractivity contribution in [2.45, 2.75) is 81.1 Å². The average Bonchev–Trinajstić information content (AvgIpc) is 2.44. The third-order valence-electron chi connectivity index (χ3n) is 4.24. The largest absolute Gasteiger partial charge is 0.427 e. The van der Waals surface area contributed by atoms with Crippen LogP contribution in [-0.2, 0) is 9.59 Å². The highest BCUT2D eigenvalue weighted by Crippen LogP contribution is 2.28. The van der Waals surface area contributed by atoms with E-state index in [0.717, 1.165) is 12.8 Å². The molecule has 0 saturated carbocycles. The van der Waals surface area contributed by atoms with Gasteiger partial charge in [0.2, 0.25) is 0 Å². The van der Waals surface area contributed by atoms with Crippen LogP contribution < -0.4 is 9.47 Å². The van der Waals surface area contributed by atoms with Gasteiger partial charge in [0.15, 0.2) is 0 Å². The lowest BCUT2D eigenvalue weighted by Gasteiger charge is -2.22. The molecule has 2 unspecified atom stereocenters. The summed E-state index contributed by atoms with van der Waals surface area (Å²) in [5.74, 6) is 0.989. The molecule has 0 aliphatic rings. The van der Waals surface area contributed by atoms with Crippen LogP contribution in [0.25, 0.3) is 0 Å². The monoisotopic (exact) mass is 390 g/mol. The standard InChI is InChI=1S/C24H38O4/c1-17(15-23(3,4)5)13-21(25)27-19-9-11-20(12-10-19)28-22(26)14-18(2)16-24(6,7)8/h9-12,17-18H,13-16H2,1-8H3. The zero-order valence-electron chi connectivity index (χ0n) is 18.9. The van der Waals surface area contributed by atoms with Gasteiger partial charge < -0.3 is 9.47 Å². The van der Waals surface area contributed by atoms with Crippen LogP contribution in [0.2, 0.25) is 0 Å². The molecule has 1 aromatic carbocycles. The van der Waals surface area contributed by atoms with Crippen LogP contribution in [0.15, 0.2) is 24.3 Å². The van der Waals surface area contributed by atoms with Gasteiger partial charge in [-0.25, -0.2) is 0 Å². The highest BCUT2D eigenvalue weighted by molar-refractivity contribution is 5.73. The van der Waals surface area contributed by atoms with Crippen LogP contribution in [-0.4, -0.2) is 11.9 Å². The van der Waals surface area contributed by atoms with Crippen molar-refractivity contribution in [2.75, 3.05) is 0 Å². The lowest BCUT2D eigenvalue weighted by Crippen LogP contribution is -2.17. The molecule has 1 aromatic rings. The summed E-state index contributed by atoms with van der Waals surface area (Å²) < 4.78 is 10.8. The van der Waals surface area contributed by atoms with Gasteiger partial charge in [-0.15, -0.1) is 0 Å². The molecular weight excluding hydrogens is 352 g/mol. The minimum Gasteiger partial charge on any atom is -0.427 e. The molecule has 0 bridgehead atoms. The van der Waals surface area contributed by atoms with Crippen molar-refractivity contribution in [1.29, 1.82) is 0 Å². The average molecular weight is 391 g/mol. The van der Waals surface area contributed by atoms with Crippen LogP contribution in [0, 0.1) is 22.7 Å². The maximum Gasteiger partial charge on any atom is 0.311 e. The Balaban J connectivity index is 2.48. The van der Waals surface area contributed by atoms with Crippen molar-refractivity contribution in [2.24, 2.45) is 22.7 Å². The fraction of sp³-hybridized carbons (Fsp3) is 0.667. The lowest BCUT2D eigenvalue weighted by molar-refractivity contribution is -0.136. The van der Waals surface area contributed by atoms with E-state index >= 15 is 0 Å². The summed E-state index contributed by atoms with van der Waals surface area (Å²) in [4.78, 5) is 24.2. The Morgan fingerprint density at radius 1 is 0.714 bits per heavy atom. The van der Waals surface area contributed by atoms with Crippen LogP contribution in [0.3, 0.4) is 0 Å². The number of ether oxygens (including phenoxy) is 2. The predicted octanol–water partition coefficient (Wildman–Crippen LogP) is 6.42. The molecule has 0 aliphatic heterocycles. The van der Waals surface area contributed by atoms with Crippen LogP contribution in [0.4, 0.5) is 0 Å². The van der Waals surface area contributed by atoms with E-state index < -0.39 is 0 Å². The minimum atomic E-state index is -0.238. The quantitative estimate of drug-likeness (QED) is 0.379. The van der Waals surface area contributed by atoms with E-state index in [9.17, 15) is 9.59 Å². The topological polar surface area (TPSA) is 52.6 Å². The van der Waals surface area contributed by atoms with Crippen LogP contribution in [0.5, 0.6) is 11.5 Å². The molecule has 0 aliphatic carbocycles. The number of hydrogen-bond donors (Lipinski definition) is 0. The van der Waals surface area contributed by atoms with E-state index in [-0.39, 0.29) is 34.6 Å². The van der Waals surface area contributed by atoms with Crippen molar-refractivity contribution >= 4 is 11.9 Å². The van der Waals surface area contributed by atoms with Crippen molar-refractivity contribution in [3.05, 3.63) is 24.3 Å². The first-order chi connectivity index (χ1) is 12.7. The normalized spacial score (nSPS) is 14.3. The first-order valence-electron chi connectivity index (χ1n) is 10.2. The molecule has 28 heavy (non-hydrogen) atoms. The Kier molecular flexibility index (Phi) is 8.72.